The second-order valence-electron chi connectivity index (χ2n) is 3.65. The van der Waals surface area contributed by atoms with E-state index in [0.29, 0.717) is 0 Å². The van der Waals surface area contributed by atoms with E-state index >= 15 is 0 Å². The summed E-state index contributed by atoms with van der Waals surface area (Å²) < 4.78 is 47.9. The summed E-state index contributed by atoms with van der Waals surface area (Å²) in [7, 11) is 1.86. The molecule has 1 heterocycles. The van der Waals surface area contributed by atoms with Crippen LogP contribution in [0.25, 0.3) is 0 Å². The van der Waals surface area contributed by atoms with Crippen LogP contribution in [0, 0.1) is 0 Å². The van der Waals surface area contributed by atoms with Crippen LogP contribution in [0.3, 0.4) is 0 Å². The van der Waals surface area contributed by atoms with Gasteiger partial charge in [0.2, 0.25) is 0 Å². The zero-order valence-electron chi connectivity index (χ0n) is 8.44. The number of nitrogens with one attached hydrogen (secondary N) is 1. The molecule has 1 fully saturated rings. The summed E-state index contributed by atoms with van der Waals surface area (Å²) in [4.78, 5) is 1.96. The molecule has 0 saturated carbocycles. The Morgan fingerprint density at radius 3 is 2.67 bits per heavy atom. The van der Waals surface area contributed by atoms with Crippen LogP contribution >= 0.6 is 0 Å². The molecule has 1 atom stereocenters. The molecule has 0 spiro atoms. The Morgan fingerprint density at radius 2 is 2.20 bits per heavy atom. The van der Waals surface area contributed by atoms with Crippen LogP contribution in [0.2, 0.25) is 0 Å². The van der Waals surface area contributed by atoms with Crippen LogP contribution in [0.1, 0.15) is 12.8 Å². The van der Waals surface area contributed by atoms with E-state index in [9.17, 15) is 17.6 Å². The summed E-state index contributed by atoms with van der Waals surface area (Å²) >= 11 is 0. The smallest absolute Gasteiger partial charge is 0.295 e. The molecule has 0 aromatic heterocycles. The highest BCUT2D eigenvalue weighted by atomic mass is 19.4. The van der Waals surface area contributed by atoms with E-state index in [1.165, 1.54) is 0 Å². The maximum atomic E-state index is 12.7. The van der Waals surface area contributed by atoms with Gasteiger partial charge in [0.05, 0.1) is 12.2 Å². The molecule has 1 N–H and O–H groups in total. The van der Waals surface area contributed by atoms with Gasteiger partial charge in [0, 0.05) is 6.54 Å². The lowest BCUT2D eigenvalue weighted by Crippen LogP contribution is -2.39. The number of hydrogen-bond donors (Lipinski definition) is 1. The van der Waals surface area contributed by atoms with E-state index in [1.807, 2.05) is 11.9 Å². The minimum atomic E-state index is -4.58. The average molecular weight is 226 g/mol. The molecule has 0 aliphatic carbocycles. The second-order valence-corrected chi connectivity index (χ2v) is 3.65. The van der Waals surface area contributed by atoms with Crippen molar-refractivity contribution in [3.8, 4) is 0 Å². The summed E-state index contributed by atoms with van der Waals surface area (Å²) in [6.45, 7) is 0.525. The van der Waals surface area contributed by atoms with Crippen LogP contribution in [0.5, 0.6) is 0 Å². The molecule has 0 aromatic carbocycles. The molecular weight excluding hydrogens is 212 g/mol. The number of likely N-dealkylation sites (tertiary alicyclic amines) is 1. The highest BCUT2D eigenvalue weighted by Crippen LogP contribution is 2.19. The maximum Gasteiger partial charge on any atom is 0.412 e. The summed E-state index contributed by atoms with van der Waals surface area (Å²) in [5.41, 5.74) is 0. The van der Waals surface area contributed by atoms with Gasteiger partial charge in [0.1, 0.15) is 5.83 Å². The van der Waals surface area contributed by atoms with Crippen molar-refractivity contribution in [2.24, 2.45) is 0 Å². The predicted octanol–water partition coefficient (Wildman–Crippen LogP) is 2.04. The van der Waals surface area contributed by atoms with Crippen LogP contribution in [-0.2, 0) is 0 Å². The zero-order chi connectivity index (χ0) is 11.5. The Morgan fingerprint density at radius 1 is 1.53 bits per heavy atom. The molecular formula is C9H14F4N2. The molecule has 1 aliphatic rings. The summed E-state index contributed by atoms with van der Waals surface area (Å²) in [6, 6.07) is 0. The van der Waals surface area contributed by atoms with Crippen LogP contribution < -0.4 is 5.32 Å². The van der Waals surface area contributed by atoms with E-state index in [0.717, 1.165) is 19.4 Å². The van der Waals surface area contributed by atoms with Gasteiger partial charge in [-0.25, -0.2) is 4.39 Å². The van der Waals surface area contributed by atoms with Crippen molar-refractivity contribution in [2.45, 2.75) is 25.2 Å². The first-order chi connectivity index (χ1) is 6.88. The SMILES string of the molecule is CN1CCCC1NC/C(F)=C\C(F)(F)F. The van der Waals surface area contributed by atoms with E-state index in [1.54, 1.807) is 0 Å². The minimum absolute atomic E-state index is 0.0163. The monoisotopic (exact) mass is 226 g/mol. The fraction of sp³-hybridized carbons (Fsp3) is 0.778. The van der Waals surface area contributed by atoms with Gasteiger partial charge < -0.3 is 0 Å². The normalized spacial score (nSPS) is 24.9. The lowest BCUT2D eigenvalue weighted by Gasteiger charge is -2.20. The highest BCUT2D eigenvalue weighted by Gasteiger charge is 2.26. The predicted molar refractivity (Wildman–Crippen MR) is 48.9 cm³/mol. The topological polar surface area (TPSA) is 15.3 Å². The van der Waals surface area contributed by atoms with Crippen molar-refractivity contribution in [3.05, 3.63) is 11.9 Å². The summed E-state index contributed by atoms with van der Waals surface area (Å²) in [5.74, 6) is -1.18. The van der Waals surface area contributed by atoms with Crippen molar-refractivity contribution in [2.75, 3.05) is 20.1 Å². The van der Waals surface area contributed by atoms with Crippen molar-refractivity contribution in [1.29, 1.82) is 0 Å². The van der Waals surface area contributed by atoms with Crippen molar-refractivity contribution in [3.63, 3.8) is 0 Å². The molecule has 15 heavy (non-hydrogen) atoms. The highest BCUT2D eigenvalue weighted by molar-refractivity contribution is 4.99. The van der Waals surface area contributed by atoms with Crippen molar-refractivity contribution in [1.82, 2.24) is 10.2 Å². The zero-order valence-corrected chi connectivity index (χ0v) is 8.44. The molecule has 1 saturated heterocycles. The van der Waals surface area contributed by atoms with E-state index < -0.39 is 12.0 Å². The summed E-state index contributed by atoms with van der Waals surface area (Å²) in [6.07, 6.45) is -3.07. The molecule has 0 radical (unpaired) electrons. The Kier molecular flexibility index (Phi) is 4.10. The van der Waals surface area contributed by atoms with Crippen LogP contribution in [-0.4, -0.2) is 37.4 Å². The number of rotatable bonds is 3. The third kappa shape index (κ3) is 4.61. The van der Waals surface area contributed by atoms with Gasteiger partial charge in [0.15, 0.2) is 0 Å². The Hall–Kier alpha value is -0.620. The number of allylic oxidation sites excluding steroid dienone is 1. The Bertz CT molecular complexity index is 237. The van der Waals surface area contributed by atoms with Gasteiger partial charge in [-0.15, -0.1) is 0 Å². The van der Waals surface area contributed by atoms with Gasteiger partial charge in [0.25, 0.3) is 0 Å². The molecule has 88 valence electrons. The van der Waals surface area contributed by atoms with E-state index in [2.05, 4.69) is 5.32 Å². The number of alkyl halides is 3. The standard InChI is InChI=1S/C9H14F4N2/c1-15-4-2-3-8(15)14-6-7(10)5-9(11,12)13/h5,8,14H,2-4,6H2,1H3/b7-5+. The molecule has 1 rings (SSSR count). The molecule has 2 nitrogen and oxygen atoms in total. The molecule has 0 aromatic rings. The van der Waals surface area contributed by atoms with Crippen LogP contribution in [0.15, 0.2) is 11.9 Å². The van der Waals surface area contributed by atoms with Crippen molar-refractivity contribution >= 4 is 0 Å². The Labute approximate surface area is 85.9 Å². The third-order valence-corrected chi connectivity index (χ3v) is 2.35. The van der Waals surface area contributed by atoms with Gasteiger partial charge in [-0.2, -0.15) is 13.2 Å². The van der Waals surface area contributed by atoms with Crippen LogP contribution in [0.4, 0.5) is 17.6 Å². The molecule has 6 heteroatoms. The van der Waals surface area contributed by atoms with Gasteiger partial charge in [-0.05, 0) is 26.4 Å². The summed E-state index contributed by atoms with van der Waals surface area (Å²) in [5, 5.41) is 2.74. The maximum absolute atomic E-state index is 12.7. The second kappa shape index (κ2) is 4.94. The van der Waals surface area contributed by atoms with E-state index in [4.69, 9.17) is 0 Å². The fourth-order valence-corrected chi connectivity index (χ4v) is 1.61. The molecule has 0 amide bonds. The lowest BCUT2D eigenvalue weighted by molar-refractivity contribution is -0.0815. The Balaban J connectivity index is 2.33. The number of hydrogen-bond acceptors (Lipinski definition) is 2. The molecule has 0 bridgehead atoms. The number of halogens is 4. The quantitative estimate of drug-likeness (QED) is 0.741. The molecule has 1 aliphatic heterocycles. The number of nitrogens with zero attached hydrogens (tertiary/aromatic N) is 1. The first kappa shape index (κ1) is 12.4. The first-order valence-electron chi connectivity index (χ1n) is 4.76. The fourth-order valence-electron chi connectivity index (χ4n) is 1.61. The minimum Gasteiger partial charge on any atom is -0.295 e. The van der Waals surface area contributed by atoms with E-state index in [-0.39, 0.29) is 18.8 Å². The van der Waals surface area contributed by atoms with Gasteiger partial charge in [-0.1, -0.05) is 0 Å². The van der Waals surface area contributed by atoms with Gasteiger partial charge in [-0.3, -0.25) is 10.2 Å². The third-order valence-electron chi connectivity index (χ3n) is 2.35. The lowest BCUT2D eigenvalue weighted by atomic mass is 10.3. The first-order valence-corrected chi connectivity index (χ1v) is 4.76. The van der Waals surface area contributed by atoms with Gasteiger partial charge >= 0.3 is 6.18 Å². The average Bonchev–Trinajstić information content (AvgIpc) is 2.44. The largest absolute Gasteiger partial charge is 0.412 e. The van der Waals surface area contributed by atoms with Crippen molar-refractivity contribution < 1.29 is 17.6 Å². The molecule has 1 unspecified atom stereocenters.